The van der Waals surface area contributed by atoms with E-state index in [0.717, 1.165) is 25.6 Å². The Balaban J connectivity index is 1.69. The normalized spacial score (nSPS) is 16.4. The van der Waals surface area contributed by atoms with Crippen LogP contribution >= 0.6 is 0 Å². The lowest BCUT2D eigenvalue weighted by atomic mass is 9.89. The summed E-state index contributed by atoms with van der Waals surface area (Å²) in [7, 11) is 1.67. The summed E-state index contributed by atoms with van der Waals surface area (Å²) in [5.74, 6) is 0.889. The van der Waals surface area contributed by atoms with Crippen molar-refractivity contribution >= 4 is 0 Å². The van der Waals surface area contributed by atoms with Crippen LogP contribution in [0.2, 0.25) is 0 Å². The molecule has 0 unspecified atom stereocenters. The van der Waals surface area contributed by atoms with Gasteiger partial charge in [-0.1, -0.05) is 19.3 Å². The summed E-state index contributed by atoms with van der Waals surface area (Å²) in [5, 5.41) is 3.49. The van der Waals surface area contributed by atoms with Gasteiger partial charge in [-0.05, 0) is 25.3 Å². The maximum Gasteiger partial charge on any atom is 0.0701 e. The Morgan fingerprint density at radius 2 is 1.33 bits per heavy atom. The van der Waals surface area contributed by atoms with Crippen molar-refractivity contribution < 1.29 is 18.9 Å². The highest BCUT2D eigenvalue weighted by Crippen LogP contribution is 2.22. The Labute approximate surface area is 129 Å². The number of hydrogen-bond acceptors (Lipinski definition) is 5. The summed E-state index contributed by atoms with van der Waals surface area (Å²) in [6, 6.07) is 0. The first-order valence-corrected chi connectivity index (χ1v) is 8.36. The fraction of sp³-hybridized carbons (Fsp3) is 1.00. The van der Waals surface area contributed by atoms with E-state index >= 15 is 0 Å². The minimum absolute atomic E-state index is 0.617. The second-order valence-electron chi connectivity index (χ2n) is 5.54. The molecule has 0 heterocycles. The minimum Gasteiger partial charge on any atom is -0.382 e. The van der Waals surface area contributed by atoms with Gasteiger partial charge in [-0.25, -0.2) is 0 Å². The van der Waals surface area contributed by atoms with Crippen LogP contribution in [-0.4, -0.2) is 66.4 Å². The SMILES string of the molecule is COCCOCCOCCOCCNCC1CCCCC1. The molecule has 5 nitrogen and oxygen atoms in total. The summed E-state index contributed by atoms with van der Waals surface area (Å²) in [6.07, 6.45) is 7.05. The summed E-state index contributed by atoms with van der Waals surface area (Å²) in [5.41, 5.74) is 0. The van der Waals surface area contributed by atoms with E-state index in [1.807, 2.05) is 0 Å². The topological polar surface area (TPSA) is 49.0 Å². The summed E-state index contributed by atoms with van der Waals surface area (Å²) in [4.78, 5) is 0. The second kappa shape index (κ2) is 14.7. The Bertz CT molecular complexity index is 210. The molecule has 126 valence electrons. The highest BCUT2D eigenvalue weighted by atomic mass is 16.6. The van der Waals surface area contributed by atoms with Crippen LogP contribution in [0.4, 0.5) is 0 Å². The van der Waals surface area contributed by atoms with Crippen LogP contribution in [0.1, 0.15) is 32.1 Å². The van der Waals surface area contributed by atoms with Crippen molar-refractivity contribution in [3.63, 3.8) is 0 Å². The molecular weight excluding hydrogens is 270 g/mol. The molecule has 0 aromatic carbocycles. The lowest BCUT2D eigenvalue weighted by Gasteiger charge is -2.21. The van der Waals surface area contributed by atoms with E-state index in [2.05, 4.69) is 5.32 Å². The van der Waals surface area contributed by atoms with Crippen LogP contribution in [0.3, 0.4) is 0 Å². The quantitative estimate of drug-likeness (QED) is 0.496. The van der Waals surface area contributed by atoms with Gasteiger partial charge in [-0.3, -0.25) is 0 Å². The zero-order valence-corrected chi connectivity index (χ0v) is 13.6. The van der Waals surface area contributed by atoms with Crippen molar-refractivity contribution in [2.24, 2.45) is 5.92 Å². The molecule has 1 rings (SSSR count). The van der Waals surface area contributed by atoms with Crippen molar-refractivity contribution in [3.05, 3.63) is 0 Å². The van der Waals surface area contributed by atoms with Crippen LogP contribution < -0.4 is 5.32 Å². The van der Waals surface area contributed by atoms with E-state index in [0.29, 0.717) is 39.6 Å². The molecule has 0 spiro atoms. The van der Waals surface area contributed by atoms with Crippen molar-refractivity contribution in [3.8, 4) is 0 Å². The highest BCUT2D eigenvalue weighted by molar-refractivity contribution is 4.67. The Morgan fingerprint density at radius 1 is 0.762 bits per heavy atom. The molecule has 5 heteroatoms. The third kappa shape index (κ3) is 12.1. The molecule has 21 heavy (non-hydrogen) atoms. The number of hydrogen-bond donors (Lipinski definition) is 1. The number of nitrogens with one attached hydrogen (secondary N) is 1. The Hall–Kier alpha value is -0.200. The van der Waals surface area contributed by atoms with Crippen molar-refractivity contribution in [2.75, 3.05) is 66.4 Å². The molecule has 0 aromatic heterocycles. The molecule has 0 atom stereocenters. The van der Waals surface area contributed by atoms with Gasteiger partial charge in [0.2, 0.25) is 0 Å². The molecule has 1 fully saturated rings. The summed E-state index contributed by atoms with van der Waals surface area (Å²) < 4.78 is 21.1. The zero-order chi connectivity index (χ0) is 15.0. The van der Waals surface area contributed by atoms with Gasteiger partial charge in [-0.2, -0.15) is 0 Å². The first-order chi connectivity index (χ1) is 10.4. The highest BCUT2D eigenvalue weighted by Gasteiger charge is 2.12. The molecule has 1 saturated carbocycles. The number of methoxy groups -OCH3 is 1. The van der Waals surface area contributed by atoms with Crippen LogP contribution in [0.5, 0.6) is 0 Å². The molecular formula is C16H33NO4. The van der Waals surface area contributed by atoms with Crippen LogP contribution in [0.25, 0.3) is 0 Å². The Morgan fingerprint density at radius 3 is 1.95 bits per heavy atom. The van der Waals surface area contributed by atoms with Crippen LogP contribution in [-0.2, 0) is 18.9 Å². The molecule has 0 radical (unpaired) electrons. The van der Waals surface area contributed by atoms with Crippen LogP contribution in [0.15, 0.2) is 0 Å². The lowest BCUT2D eigenvalue weighted by molar-refractivity contribution is 0.00403. The van der Waals surface area contributed by atoms with Gasteiger partial charge in [0.1, 0.15) is 0 Å². The maximum atomic E-state index is 5.52. The van der Waals surface area contributed by atoms with Gasteiger partial charge in [0.15, 0.2) is 0 Å². The van der Waals surface area contributed by atoms with Gasteiger partial charge in [0.25, 0.3) is 0 Å². The first kappa shape index (κ1) is 18.8. The molecule has 0 bridgehead atoms. The average molecular weight is 303 g/mol. The van der Waals surface area contributed by atoms with Crippen LogP contribution in [0, 0.1) is 5.92 Å². The number of ether oxygens (including phenoxy) is 4. The van der Waals surface area contributed by atoms with E-state index in [4.69, 9.17) is 18.9 Å². The van der Waals surface area contributed by atoms with E-state index in [9.17, 15) is 0 Å². The zero-order valence-electron chi connectivity index (χ0n) is 13.6. The van der Waals surface area contributed by atoms with E-state index in [1.165, 1.54) is 32.1 Å². The molecule has 1 N–H and O–H groups in total. The first-order valence-electron chi connectivity index (χ1n) is 8.36. The average Bonchev–Trinajstić information content (AvgIpc) is 2.53. The molecule has 0 aromatic rings. The van der Waals surface area contributed by atoms with Crippen molar-refractivity contribution in [1.82, 2.24) is 5.32 Å². The fourth-order valence-corrected chi connectivity index (χ4v) is 2.53. The largest absolute Gasteiger partial charge is 0.382 e. The van der Waals surface area contributed by atoms with Gasteiger partial charge >= 0.3 is 0 Å². The smallest absolute Gasteiger partial charge is 0.0701 e. The molecule has 1 aliphatic rings. The molecule has 1 aliphatic carbocycles. The molecule has 0 amide bonds. The minimum atomic E-state index is 0.617. The van der Waals surface area contributed by atoms with Gasteiger partial charge in [-0.15, -0.1) is 0 Å². The predicted octanol–water partition coefficient (Wildman–Crippen LogP) is 1.85. The van der Waals surface area contributed by atoms with Crippen molar-refractivity contribution in [2.45, 2.75) is 32.1 Å². The van der Waals surface area contributed by atoms with Gasteiger partial charge < -0.3 is 24.3 Å². The predicted molar refractivity (Wildman–Crippen MR) is 83.8 cm³/mol. The van der Waals surface area contributed by atoms with Crippen molar-refractivity contribution in [1.29, 1.82) is 0 Å². The maximum absolute atomic E-state index is 5.52. The summed E-state index contributed by atoms with van der Waals surface area (Å²) >= 11 is 0. The second-order valence-corrected chi connectivity index (χ2v) is 5.54. The standard InChI is InChI=1S/C16H33NO4/c1-18-9-10-20-13-14-21-12-11-19-8-7-17-15-16-5-3-2-4-6-16/h16-17H,2-15H2,1H3. The third-order valence-corrected chi connectivity index (χ3v) is 3.76. The van der Waals surface area contributed by atoms with E-state index < -0.39 is 0 Å². The van der Waals surface area contributed by atoms with E-state index in [-0.39, 0.29) is 0 Å². The Kier molecular flexibility index (Phi) is 13.2. The lowest BCUT2D eigenvalue weighted by Crippen LogP contribution is -2.27. The third-order valence-electron chi connectivity index (χ3n) is 3.76. The van der Waals surface area contributed by atoms with Gasteiger partial charge in [0, 0.05) is 13.7 Å². The monoisotopic (exact) mass is 303 g/mol. The molecule has 0 aliphatic heterocycles. The fourth-order valence-electron chi connectivity index (χ4n) is 2.53. The number of rotatable bonds is 14. The summed E-state index contributed by atoms with van der Waals surface area (Å²) in [6.45, 7) is 6.65. The van der Waals surface area contributed by atoms with E-state index in [1.54, 1.807) is 7.11 Å². The van der Waals surface area contributed by atoms with Gasteiger partial charge in [0.05, 0.1) is 46.2 Å². The molecule has 0 saturated heterocycles.